The van der Waals surface area contributed by atoms with Crippen molar-refractivity contribution in [3.05, 3.63) is 47.5 Å². The van der Waals surface area contributed by atoms with E-state index < -0.39 is 16.1 Å². The minimum Gasteiger partial charge on any atom is -0.331 e. The molecule has 218 valence electrons. The first kappa shape index (κ1) is 31.0. The van der Waals surface area contributed by atoms with Gasteiger partial charge in [-0.1, -0.05) is 63.4 Å². The van der Waals surface area contributed by atoms with Crippen molar-refractivity contribution in [1.29, 1.82) is 0 Å². The van der Waals surface area contributed by atoms with E-state index in [1.165, 1.54) is 6.42 Å². The van der Waals surface area contributed by atoms with Crippen LogP contribution in [0, 0.1) is 0 Å². The van der Waals surface area contributed by atoms with Crippen molar-refractivity contribution in [1.82, 2.24) is 34.6 Å². The van der Waals surface area contributed by atoms with Crippen LogP contribution >= 0.6 is 0 Å². The van der Waals surface area contributed by atoms with E-state index in [-0.39, 0.29) is 24.4 Å². The molecule has 0 spiro atoms. The number of nitrogens with one attached hydrogen (secondary N) is 2. The van der Waals surface area contributed by atoms with Crippen LogP contribution in [0.1, 0.15) is 82.0 Å². The molecule has 1 aromatic carbocycles. The molecule has 2 N–H and O–H groups in total. The summed E-state index contributed by atoms with van der Waals surface area (Å²) in [5, 5.41) is 7.53. The average molecular weight is 562 g/mol. The van der Waals surface area contributed by atoms with Gasteiger partial charge in [0.15, 0.2) is 5.82 Å². The number of amides is 2. The number of carbonyl (C=O) groups excluding carboxylic acids is 1. The zero-order valence-electron chi connectivity index (χ0n) is 24.1. The van der Waals surface area contributed by atoms with Gasteiger partial charge in [-0.15, -0.1) is 0 Å². The average Bonchev–Trinajstić information content (AvgIpc) is 3.32. The quantitative estimate of drug-likeness (QED) is 0.344. The summed E-state index contributed by atoms with van der Waals surface area (Å²) in [6.45, 7) is 6.92. The van der Waals surface area contributed by atoms with Gasteiger partial charge in [0.25, 0.3) is 0 Å². The number of rotatable bonds is 15. The first-order valence-electron chi connectivity index (χ1n) is 14.4. The molecule has 39 heavy (non-hydrogen) atoms. The molecule has 0 radical (unpaired) electrons. The molecule has 2 aromatic rings. The van der Waals surface area contributed by atoms with Gasteiger partial charge in [-0.05, 0) is 57.3 Å². The Balaban J connectivity index is 1.67. The van der Waals surface area contributed by atoms with Crippen LogP contribution in [0.2, 0.25) is 0 Å². The van der Waals surface area contributed by atoms with Crippen molar-refractivity contribution >= 4 is 16.1 Å². The summed E-state index contributed by atoms with van der Waals surface area (Å²) < 4.78 is 30.6. The van der Waals surface area contributed by atoms with E-state index in [0.29, 0.717) is 30.9 Å². The molecule has 0 bridgehead atoms. The highest BCUT2D eigenvalue weighted by molar-refractivity contribution is 7.89. The second-order valence-electron chi connectivity index (χ2n) is 10.5. The van der Waals surface area contributed by atoms with E-state index in [0.717, 1.165) is 50.9 Å². The maximum absolute atomic E-state index is 13.1. The van der Waals surface area contributed by atoms with Gasteiger partial charge in [0.1, 0.15) is 5.82 Å². The molecule has 2 amide bonds. The third-order valence-electron chi connectivity index (χ3n) is 7.69. The lowest BCUT2D eigenvalue weighted by atomic mass is 9.95. The number of urea groups is 1. The maximum Gasteiger partial charge on any atom is 0.317 e. The number of aryl methyl sites for hydroxylation is 2. The lowest BCUT2D eigenvalue weighted by Crippen LogP contribution is -2.44. The van der Waals surface area contributed by atoms with Crippen LogP contribution in [0.4, 0.5) is 4.79 Å². The minimum atomic E-state index is -3.54. The van der Waals surface area contributed by atoms with Crippen molar-refractivity contribution in [3.8, 4) is 0 Å². The summed E-state index contributed by atoms with van der Waals surface area (Å²) in [6.07, 6.45) is 7.40. The smallest absolute Gasteiger partial charge is 0.317 e. The monoisotopic (exact) mass is 561 g/mol. The third kappa shape index (κ3) is 9.88. The molecule has 1 heterocycles. The maximum atomic E-state index is 13.1. The normalized spacial score (nSPS) is 15.4. The van der Waals surface area contributed by atoms with Crippen LogP contribution in [0.15, 0.2) is 30.3 Å². The third-order valence-corrected chi connectivity index (χ3v) is 9.16. The molecular formula is C28H47N7O3S. The largest absolute Gasteiger partial charge is 0.331 e. The highest BCUT2D eigenvalue weighted by atomic mass is 32.2. The Morgan fingerprint density at radius 3 is 2.49 bits per heavy atom. The summed E-state index contributed by atoms with van der Waals surface area (Å²) in [6, 6.07) is 9.57. The molecule has 3 rings (SSSR count). The summed E-state index contributed by atoms with van der Waals surface area (Å²) >= 11 is 0. The van der Waals surface area contributed by atoms with Crippen LogP contribution in [0.3, 0.4) is 0 Å². The lowest BCUT2D eigenvalue weighted by molar-refractivity contribution is 0.173. The van der Waals surface area contributed by atoms with Crippen LogP contribution in [0.5, 0.6) is 0 Å². The zero-order valence-corrected chi connectivity index (χ0v) is 24.9. The number of nitrogens with zero attached hydrogens (tertiary/aromatic N) is 5. The van der Waals surface area contributed by atoms with Gasteiger partial charge in [0.2, 0.25) is 10.0 Å². The molecule has 1 aromatic heterocycles. The molecule has 11 heteroatoms. The fourth-order valence-electron chi connectivity index (χ4n) is 5.14. The summed E-state index contributed by atoms with van der Waals surface area (Å²) in [7, 11) is 0.0820. The van der Waals surface area contributed by atoms with E-state index in [1.54, 1.807) is 16.6 Å². The van der Waals surface area contributed by atoms with Crippen molar-refractivity contribution in [2.45, 2.75) is 83.8 Å². The topological polar surface area (TPSA) is 112 Å². The second-order valence-corrected chi connectivity index (χ2v) is 12.3. The minimum absolute atomic E-state index is 0.0502. The first-order chi connectivity index (χ1) is 18.7. The Kier molecular flexibility index (Phi) is 12.2. The summed E-state index contributed by atoms with van der Waals surface area (Å²) in [4.78, 5) is 21.5. The molecule has 0 saturated heterocycles. The zero-order chi connectivity index (χ0) is 28.3. The Morgan fingerprint density at radius 2 is 1.82 bits per heavy atom. The number of aromatic nitrogens is 3. The van der Waals surface area contributed by atoms with E-state index in [2.05, 4.69) is 38.9 Å². The molecule has 1 fully saturated rings. The molecule has 1 atom stereocenters. The van der Waals surface area contributed by atoms with Crippen LogP contribution in [0.25, 0.3) is 0 Å². The number of hydrogen-bond acceptors (Lipinski definition) is 6. The van der Waals surface area contributed by atoms with Gasteiger partial charge < -0.3 is 15.1 Å². The van der Waals surface area contributed by atoms with Crippen LogP contribution < -0.4 is 10.0 Å². The van der Waals surface area contributed by atoms with Gasteiger partial charge in [-0.2, -0.15) is 5.10 Å². The molecule has 10 nitrogen and oxygen atoms in total. The number of sulfonamides is 1. The van der Waals surface area contributed by atoms with Gasteiger partial charge in [-0.25, -0.2) is 22.9 Å². The molecule has 1 aliphatic rings. The Bertz CT molecular complexity index is 1110. The van der Waals surface area contributed by atoms with Gasteiger partial charge in [0, 0.05) is 20.1 Å². The molecule has 0 aliphatic heterocycles. The number of carbonyl (C=O) groups is 1. The van der Waals surface area contributed by atoms with Crippen molar-refractivity contribution in [2.24, 2.45) is 7.05 Å². The molecule has 1 saturated carbocycles. The first-order valence-corrected chi connectivity index (χ1v) is 16.0. The standard InChI is InChI=1S/C28H47N7O3S/c1-5-35(6-2)20-13-21-39(37,38)32-25(19-18-23-14-9-7-10-15-23)27-30-26(34(4)31-27)22-29-28(36)33(3)24-16-11-8-12-17-24/h7,9-10,14-15,24-25,32H,5-6,8,11-13,16-22H2,1-4H3,(H,29,36)/t25-/m1/s1. The Hall–Kier alpha value is -2.50. The second kappa shape index (κ2) is 15.3. The van der Waals surface area contributed by atoms with E-state index in [1.807, 2.05) is 37.4 Å². The predicted octanol–water partition coefficient (Wildman–Crippen LogP) is 3.61. The van der Waals surface area contributed by atoms with Crippen LogP contribution in [-0.4, -0.2) is 77.5 Å². The van der Waals surface area contributed by atoms with Gasteiger partial charge >= 0.3 is 6.03 Å². The molecule has 1 aliphatic carbocycles. The number of hydrogen-bond donors (Lipinski definition) is 2. The SMILES string of the molecule is CCN(CC)CCCS(=O)(=O)N[C@H](CCc1ccccc1)c1nc(CNC(=O)N(C)C2CCCCC2)n(C)n1. The fraction of sp³-hybridized carbons (Fsp3) is 0.679. The Labute approximate surface area is 234 Å². The van der Waals surface area contributed by atoms with Crippen molar-refractivity contribution < 1.29 is 13.2 Å². The van der Waals surface area contributed by atoms with Gasteiger partial charge in [-0.3, -0.25) is 4.68 Å². The van der Waals surface area contributed by atoms with E-state index >= 15 is 0 Å². The molecule has 0 unspecified atom stereocenters. The van der Waals surface area contributed by atoms with E-state index in [4.69, 9.17) is 0 Å². The fourth-order valence-corrected chi connectivity index (χ4v) is 6.43. The van der Waals surface area contributed by atoms with Crippen LogP contribution in [-0.2, 0) is 30.0 Å². The summed E-state index contributed by atoms with van der Waals surface area (Å²) in [5.41, 5.74) is 1.12. The Morgan fingerprint density at radius 1 is 1.13 bits per heavy atom. The highest BCUT2D eigenvalue weighted by Gasteiger charge is 2.25. The summed E-state index contributed by atoms with van der Waals surface area (Å²) in [5.74, 6) is 1.06. The van der Waals surface area contributed by atoms with E-state index in [9.17, 15) is 13.2 Å². The van der Waals surface area contributed by atoms with Gasteiger partial charge in [0.05, 0.1) is 18.3 Å². The van der Waals surface area contributed by atoms with Crippen molar-refractivity contribution in [3.63, 3.8) is 0 Å². The molecular weight excluding hydrogens is 514 g/mol. The highest BCUT2D eigenvalue weighted by Crippen LogP contribution is 2.22. The predicted molar refractivity (Wildman–Crippen MR) is 155 cm³/mol. The van der Waals surface area contributed by atoms with Crippen molar-refractivity contribution in [2.75, 3.05) is 32.4 Å². The number of benzene rings is 1. The lowest BCUT2D eigenvalue weighted by Gasteiger charge is -2.31.